The number of hydrogen-bond acceptors (Lipinski definition) is 2. The third kappa shape index (κ3) is 3.84. The van der Waals surface area contributed by atoms with Crippen molar-refractivity contribution in [3.05, 3.63) is 35.9 Å². The fraction of sp³-hybridized carbons (Fsp3) is 0.462. The van der Waals surface area contributed by atoms with Crippen molar-refractivity contribution >= 4 is 5.78 Å². The van der Waals surface area contributed by atoms with Gasteiger partial charge in [-0.15, -0.1) is 0 Å². The van der Waals surface area contributed by atoms with Gasteiger partial charge in [-0.05, 0) is 25.3 Å². The molecule has 82 valence electrons. The Balaban J connectivity index is 2.62. The Morgan fingerprint density at radius 1 is 1.27 bits per heavy atom. The molecule has 0 heterocycles. The molecule has 0 aromatic heterocycles. The van der Waals surface area contributed by atoms with E-state index in [1.807, 2.05) is 30.3 Å². The van der Waals surface area contributed by atoms with E-state index in [4.69, 9.17) is 5.11 Å². The molecule has 0 radical (unpaired) electrons. The van der Waals surface area contributed by atoms with Crippen LogP contribution in [0.15, 0.2) is 30.3 Å². The molecule has 0 amide bonds. The molecule has 15 heavy (non-hydrogen) atoms. The van der Waals surface area contributed by atoms with E-state index in [-0.39, 0.29) is 18.3 Å². The van der Waals surface area contributed by atoms with Crippen LogP contribution in [-0.2, 0) is 4.79 Å². The van der Waals surface area contributed by atoms with Crippen LogP contribution in [0.4, 0.5) is 0 Å². The number of benzene rings is 1. The zero-order valence-electron chi connectivity index (χ0n) is 9.15. The number of aliphatic hydroxyl groups is 1. The normalized spacial score (nSPS) is 12.4. The van der Waals surface area contributed by atoms with Gasteiger partial charge in [0.25, 0.3) is 0 Å². The van der Waals surface area contributed by atoms with Crippen LogP contribution in [0.3, 0.4) is 0 Å². The fourth-order valence-electron chi connectivity index (χ4n) is 1.75. The minimum absolute atomic E-state index is 0.00208. The van der Waals surface area contributed by atoms with Crippen molar-refractivity contribution in [3.8, 4) is 0 Å². The minimum Gasteiger partial charge on any atom is -0.396 e. The van der Waals surface area contributed by atoms with Crippen molar-refractivity contribution in [1.29, 1.82) is 0 Å². The zero-order valence-corrected chi connectivity index (χ0v) is 9.15. The van der Waals surface area contributed by atoms with Crippen molar-refractivity contribution in [3.63, 3.8) is 0 Å². The first kappa shape index (κ1) is 11.9. The third-order valence-corrected chi connectivity index (χ3v) is 2.59. The van der Waals surface area contributed by atoms with Crippen LogP contribution in [-0.4, -0.2) is 17.5 Å². The molecule has 1 N–H and O–H groups in total. The summed E-state index contributed by atoms with van der Waals surface area (Å²) < 4.78 is 0. The van der Waals surface area contributed by atoms with Gasteiger partial charge in [-0.1, -0.05) is 36.8 Å². The van der Waals surface area contributed by atoms with Gasteiger partial charge in [0.2, 0.25) is 0 Å². The second kappa shape index (κ2) is 6.36. The smallest absolute Gasteiger partial charge is 0.137 e. The monoisotopic (exact) mass is 206 g/mol. The Bertz CT molecular complexity index is 293. The lowest BCUT2D eigenvalue weighted by atomic mass is 9.90. The summed E-state index contributed by atoms with van der Waals surface area (Å²) in [5.41, 5.74) is 1.09. The maximum absolute atomic E-state index is 11.5. The molecule has 1 atom stereocenters. The first-order valence-corrected chi connectivity index (χ1v) is 5.42. The molecule has 0 aliphatic carbocycles. The molecular formula is C13H18O2. The van der Waals surface area contributed by atoms with Gasteiger partial charge in [-0.3, -0.25) is 4.79 Å². The van der Waals surface area contributed by atoms with Crippen molar-refractivity contribution in [1.82, 2.24) is 0 Å². The number of carbonyl (C=O) groups excluding carboxylic acids is 1. The second-order valence-corrected chi connectivity index (χ2v) is 3.79. The van der Waals surface area contributed by atoms with Gasteiger partial charge in [0.15, 0.2) is 0 Å². The number of aliphatic hydroxyl groups excluding tert-OH is 1. The van der Waals surface area contributed by atoms with Crippen molar-refractivity contribution in [2.24, 2.45) is 0 Å². The number of carbonyl (C=O) groups is 1. The van der Waals surface area contributed by atoms with E-state index in [2.05, 4.69) is 0 Å². The molecular weight excluding hydrogens is 188 g/mol. The van der Waals surface area contributed by atoms with Gasteiger partial charge >= 0.3 is 0 Å². The molecule has 2 heteroatoms. The van der Waals surface area contributed by atoms with E-state index in [0.717, 1.165) is 24.8 Å². The van der Waals surface area contributed by atoms with E-state index in [9.17, 15) is 4.79 Å². The van der Waals surface area contributed by atoms with Crippen LogP contribution in [0.25, 0.3) is 0 Å². The second-order valence-electron chi connectivity index (χ2n) is 3.79. The Kier molecular flexibility index (Phi) is 5.05. The molecule has 0 bridgehead atoms. The topological polar surface area (TPSA) is 37.3 Å². The van der Waals surface area contributed by atoms with Gasteiger partial charge in [0.05, 0.1) is 0 Å². The third-order valence-electron chi connectivity index (χ3n) is 2.59. The standard InChI is InChI=1S/C13H18O2/c1-11(15)13(9-5-6-10-14)12-7-3-2-4-8-12/h2-4,7-8,13-14H,5-6,9-10H2,1H3. The first-order valence-electron chi connectivity index (χ1n) is 5.42. The Hall–Kier alpha value is -1.15. The largest absolute Gasteiger partial charge is 0.396 e. The molecule has 0 aliphatic rings. The summed E-state index contributed by atoms with van der Waals surface area (Å²) in [5.74, 6) is 0.205. The molecule has 0 aliphatic heterocycles. The highest BCUT2D eigenvalue weighted by Gasteiger charge is 2.15. The number of Topliss-reactive ketones (excluding diaryl/α,β-unsaturated/α-hetero) is 1. The van der Waals surface area contributed by atoms with E-state index in [1.54, 1.807) is 6.92 Å². The molecule has 1 aromatic rings. The van der Waals surface area contributed by atoms with Gasteiger partial charge in [0, 0.05) is 12.5 Å². The average Bonchev–Trinajstić information content (AvgIpc) is 2.25. The van der Waals surface area contributed by atoms with E-state index in [0.29, 0.717) is 0 Å². The predicted octanol–water partition coefficient (Wildman–Crippen LogP) is 2.52. The lowest BCUT2D eigenvalue weighted by Crippen LogP contribution is -2.09. The molecule has 1 aromatic carbocycles. The highest BCUT2D eigenvalue weighted by atomic mass is 16.2. The predicted molar refractivity (Wildman–Crippen MR) is 60.8 cm³/mol. The summed E-state index contributed by atoms with van der Waals surface area (Å²) in [6, 6.07) is 9.85. The van der Waals surface area contributed by atoms with Crippen molar-refractivity contribution < 1.29 is 9.90 Å². The summed E-state index contributed by atoms with van der Waals surface area (Å²) in [6.45, 7) is 1.84. The highest BCUT2D eigenvalue weighted by molar-refractivity contribution is 5.83. The molecule has 0 spiro atoms. The fourth-order valence-corrected chi connectivity index (χ4v) is 1.75. The van der Waals surface area contributed by atoms with Gasteiger partial charge in [-0.2, -0.15) is 0 Å². The summed E-state index contributed by atoms with van der Waals surface area (Å²) in [7, 11) is 0. The van der Waals surface area contributed by atoms with Crippen molar-refractivity contribution in [2.75, 3.05) is 6.61 Å². The average molecular weight is 206 g/mol. The quantitative estimate of drug-likeness (QED) is 0.726. The van der Waals surface area contributed by atoms with Gasteiger partial charge < -0.3 is 5.11 Å². The van der Waals surface area contributed by atoms with Gasteiger partial charge in [0.1, 0.15) is 5.78 Å². The highest BCUT2D eigenvalue weighted by Crippen LogP contribution is 2.22. The summed E-state index contributed by atoms with van der Waals surface area (Å²) >= 11 is 0. The summed E-state index contributed by atoms with van der Waals surface area (Å²) in [6.07, 6.45) is 2.51. The zero-order chi connectivity index (χ0) is 11.1. The molecule has 1 unspecified atom stereocenters. The van der Waals surface area contributed by atoms with E-state index in [1.165, 1.54) is 0 Å². The minimum atomic E-state index is -0.00208. The van der Waals surface area contributed by atoms with Crippen LogP contribution in [0.5, 0.6) is 0 Å². The van der Waals surface area contributed by atoms with Crippen LogP contribution in [0.1, 0.15) is 37.7 Å². The van der Waals surface area contributed by atoms with E-state index < -0.39 is 0 Å². The first-order chi connectivity index (χ1) is 7.25. The number of rotatable bonds is 6. The molecule has 2 nitrogen and oxygen atoms in total. The van der Waals surface area contributed by atoms with Crippen LogP contribution in [0, 0.1) is 0 Å². The van der Waals surface area contributed by atoms with Gasteiger partial charge in [-0.25, -0.2) is 0 Å². The lowest BCUT2D eigenvalue weighted by molar-refractivity contribution is -0.118. The Morgan fingerprint density at radius 2 is 1.93 bits per heavy atom. The number of ketones is 1. The van der Waals surface area contributed by atoms with Crippen molar-refractivity contribution in [2.45, 2.75) is 32.1 Å². The number of unbranched alkanes of at least 4 members (excludes halogenated alkanes) is 1. The summed E-state index contributed by atoms with van der Waals surface area (Å²) in [4.78, 5) is 11.5. The van der Waals surface area contributed by atoms with E-state index >= 15 is 0 Å². The van der Waals surface area contributed by atoms with Crippen LogP contribution in [0.2, 0.25) is 0 Å². The lowest BCUT2D eigenvalue weighted by Gasteiger charge is -2.13. The molecule has 0 saturated carbocycles. The Morgan fingerprint density at radius 3 is 2.47 bits per heavy atom. The maximum atomic E-state index is 11.5. The van der Waals surface area contributed by atoms with Crippen LogP contribution >= 0.6 is 0 Å². The molecule has 1 rings (SSSR count). The summed E-state index contributed by atoms with van der Waals surface area (Å²) in [5, 5.41) is 8.70. The SMILES string of the molecule is CC(=O)C(CCCCO)c1ccccc1. The number of hydrogen-bond donors (Lipinski definition) is 1. The maximum Gasteiger partial charge on any atom is 0.137 e. The Labute approximate surface area is 90.9 Å². The molecule has 0 saturated heterocycles. The van der Waals surface area contributed by atoms with Crippen LogP contribution < -0.4 is 0 Å². The molecule has 0 fully saturated rings.